The number of nitrogens with two attached hydrogens (primary N) is 1. The lowest BCUT2D eigenvalue weighted by Gasteiger charge is -2.31. The fourth-order valence-electron chi connectivity index (χ4n) is 2.31. The molecule has 1 saturated heterocycles. The number of thioether (sulfide) groups is 1. The van der Waals surface area contributed by atoms with Gasteiger partial charge in [-0.2, -0.15) is 16.8 Å². The molecule has 2 aliphatic rings. The summed E-state index contributed by atoms with van der Waals surface area (Å²) in [6.07, 6.45) is 1.14. The summed E-state index contributed by atoms with van der Waals surface area (Å²) in [5.74, 6) is 3.28. The van der Waals surface area contributed by atoms with Gasteiger partial charge in [0.25, 0.3) is 0 Å². The van der Waals surface area contributed by atoms with E-state index in [9.17, 15) is 4.79 Å². The van der Waals surface area contributed by atoms with Gasteiger partial charge in [0.1, 0.15) is 5.84 Å². The van der Waals surface area contributed by atoms with E-state index in [1.165, 1.54) is 5.75 Å². The van der Waals surface area contributed by atoms with Crippen molar-refractivity contribution < 1.29 is 4.79 Å². The van der Waals surface area contributed by atoms with Gasteiger partial charge in [-0.05, 0) is 37.7 Å². The number of amides is 2. The number of carbonyl (C=O) groups is 1. The predicted octanol–water partition coefficient (Wildman–Crippen LogP) is 1.31. The largest absolute Gasteiger partial charge is 0.385 e. The summed E-state index contributed by atoms with van der Waals surface area (Å²) >= 11 is 1.94. The first-order valence-corrected chi connectivity index (χ1v) is 6.51. The number of rotatable bonds is 2. The van der Waals surface area contributed by atoms with E-state index < -0.39 is 0 Å². The van der Waals surface area contributed by atoms with Crippen LogP contribution in [0.1, 0.15) is 20.3 Å². The zero-order chi connectivity index (χ0) is 11.0. The van der Waals surface area contributed by atoms with Crippen LogP contribution in [-0.4, -0.2) is 40.4 Å². The molecule has 0 aromatic heterocycles. The summed E-state index contributed by atoms with van der Waals surface area (Å²) in [5.41, 5.74) is 5.86. The highest BCUT2D eigenvalue weighted by Crippen LogP contribution is 2.32. The number of nitrogens with zero attached hydrogens (tertiary/aromatic N) is 2. The molecule has 5 heteroatoms. The molecule has 0 saturated carbocycles. The topological polar surface area (TPSA) is 58.7 Å². The van der Waals surface area contributed by atoms with Crippen molar-refractivity contribution in [2.24, 2.45) is 16.6 Å². The maximum atomic E-state index is 11.6. The molecule has 4 nitrogen and oxygen atoms in total. The van der Waals surface area contributed by atoms with E-state index in [0.29, 0.717) is 11.8 Å². The highest BCUT2D eigenvalue weighted by Gasteiger charge is 2.41. The molecule has 2 heterocycles. The second kappa shape index (κ2) is 4.04. The van der Waals surface area contributed by atoms with E-state index >= 15 is 0 Å². The van der Waals surface area contributed by atoms with Gasteiger partial charge in [0.15, 0.2) is 0 Å². The van der Waals surface area contributed by atoms with E-state index in [0.717, 1.165) is 12.2 Å². The number of amidine groups is 1. The molecule has 0 aromatic rings. The van der Waals surface area contributed by atoms with E-state index in [1.807, 2.05) is 30.5 Å². The van der Waals surface area contributed by atoms with Crippen LogP contribution < -0.4 is 5.73 Å². The lowest BCUT2D eigenvalue weighted by Crippen LogP contribution is -2.48. The Labute approximate surface area is 94.3 Å². The first kappa shape index (κ1) is 10.8. The van der Waals surface area contributed by atoms with Gasteiger partial charge in [0.05, 0.1) is 6.04 Å². The molecule has 2 aliphatic heterocycles. The summed E-state index contributed by atoms with van der Waals surface area (Å²) in [5, 5.41) is 0. The van der Waals surface area contributed by atoms with Gasteiger partial charge < -0.3 is 10.6 Å². The SMILES string of the molecule is CC(C)N1C(=O)N=C(N)C1C1CCSC1. The van der Waals surface area contributed by atoms with Crippen molar-refractivity contribution in [1.29, 1.82) is 0 Å². The molecule has 15 heavy (non-hydrogen) atoms. The van der Waals surface area contributed by atoms with Crippen LogP contribution in [0.3, 0.4) is 0 Å². The summed E-state index contributed by atoms with van der Waals surface area (Å²) in [6.45, 7) is 4.03. The Morgan fingerprint density at radius 1 is 1.60 bits per heavy atom. The molecule has 2 atom stereocenters. The third kappa shape index (κ3) is 1.85. The highest BCUT2D eigenvalue weighted by molar-refractivity contribution is 7.99. The first-order chi connectivity index (χ1) is 7.11. The number of aliphatic imine (C=N–C) groups is 1. The van der Waals surface area contributed by atoms with Crippen LogP contribution >= 0.6 is 11.8 Å². The minimum absolute atomic E-state index is 0.0486. The minimum Gasteiger partial charge on any atom is -0.385 e. The lowest BCUT2D eigenvalue weighted by molar-refractivity contribution is 0.174. The predicted molar refractivity (Wildman–Crippen MR) is 63.2 cm³/mol. The van der Waals surface area contributed by atoms with Crippen molar-refractivity contribution in [3.8, 4) is 0 Å². The molecule has 0 bridgehead atoms. The smallest absolute Gasteiger partial charge is 0.346 e. The second-order valence-corrected chi connectivity index (χ2v) is 5.54. The molecule has 0 radical (unpaired) electrons. The molecule has 2 unspecified atom stereocenters. The monoisotopic (exact) mass is 227 g/mol. The number of urea groups is 1. The van der Waals surface area contributed by atoms with Crippen molar-refractivity contribution in [3.05, 3.63) is 0 Å². The van der Waals surface area contributed by atoms with Crippen molar-refractivity contribution in [2.75, 3.05) is 11.5 Å². The average molecular weight is 227 g/mol. The van der Waals surface area contributed by atoms with Crippen LogP contribution in [-0.2, 0) is 0 Å². The second-order valence-electron chi connectivity index (χ2n) is 4.39. The molecule has 0 aliphatic carbocycles. The van der Waals surface area contributed by atoms with Gasteiger partial charge in [-0.3, -0.25) is 0 Å². The molecule has 2 N–H and O–H groups in total. The Kier molecular flexibility index (Phi) is 2.91. The quantitative estimate of drug-likeness (QED) is 0.773. The van der Waals surface area contributed by atoms with Crippen LogP contribution in [0.2, 0.25) is 0 Å². The molecule has 0 spiro atoms. The molecule has 0 aromatic carbocycles. The summed E-state index contributed by atoms with van der Waals surface area (Å²) in [6, 6.07) is 0.0646. The van der Waals surface area contributed by atoms with Crippen LogP contribution in [0.25, 0.3) is 0 Å². The van der Waals surface area contributed by atoms with Crippen molar-refractivity contribution in [2.45, 2.75) is 32.4 Å². The normalized spacial score (nSPS) is 31.5. The lowest BCUT2D eigenvalue weighted by atomic mass is 9.97. The van der Waals surface area contributed by atoms with Crippen molar-refractivity contribution in [1.82, 2.24) is 4.90 Å². The van der Waals surface area contributed by atoms with Crippen molar-refractivity contribution in [3.63, 3.8) is 0 Å². The summed E-state index contributed by atoms with van der Waals surface area (Å²) in [4.78, 5) is 17.4. The third-order valence-electron chi connectivity index (χ3n) is 3.02. The fourth-order valence-corrected chi connectivity index (χ4v) is 3.60. The van der Waals surface area contributed by atoms with Gasteiger partial charge in [-0.25, -0.2) is 4.79 Å². The number of carbonyl (C=O) groups excluding carboxylic acids is 1. The standard InChI is InChI=1S/C10H17N3OS/c1-6(2)13-8(7-3-4-15-5-7)9(11)12-10(13)14/h6-8H,3-5H2,1-2H3,(H2,11,12,14). The van der Waals surface area contributed by atoms with Crippen molar-refractivity contribution >= 4 is 23.6 Å². The summed E-state index contributed by atoms with van der Waals surface area (Å²) in [7, 11) is 0. The fraction of sp³-hybridized carbons (Fsp3) is 0.800. The van der Waals surface area contributed by atoms with Crippen LogP contribution in [0.5, 0.6) is 0 Å². The van der Waals surface area contributed by atoms with E-state index in [-0.39, 0.29) is 18.1 Å². The molecule has 2 rings (SSSR count). The van der Waals surface area contributed by atoms with Crippen LogP contribution in [0.4, 0.5) is 4.79 Å². The molecular weight excluding hydrogens is 210 g/mol. The Hall–Kier alpha value is -0.710. The molecule has 84 valence electrons. The third-order valence-corrected chi connectivity index (χ3v) is 4.20. The zero-order valence-corrected chi connectivity index (χ0v) is 9.96. The number of hydrogen-bond donors (Lipinski definition) is 1. The molecular formula is C10H17N3OS. The Morgan fingerprint density at radius 2 is 2.33 bits per heavy atom. The Morgan fingerprint density at radius 3 is 2.87 bits per heavy atom. The molecule has 1 fully saturated rings. The van der Waals surface area contributed by atoms with Gasteiger partial charge in [-0.1, -0.05) is 0 Å². The maximum absolute atomic E-state index is 11.6. The number of hydrogen-bond acceptors (Lipinski definition) is 3. The van der Waals surface area contributed by atoms with Gasteiger partial charge in [-0.15, -0.1) is 0 Å². The summed E-state index contributed by atoms with van der Waals surface area (Å²) < 4.78 is 0. The highest BCUT2D eigenvalue weighted by atomic mass is 32.2. The minimum atomic E-state index is -0.163. The van der Waals surface area contributed by atoms with Gasteiger partial charge in [0.2, 0.25) is 0 Å². The van der Waals surface area contributed by atoms with E-state index in [4.69, 9.17) is 5.73 Å². The maximum Gasteiger partial charge on any atom is 0.346 e. The van der Waals surface area contributed by atoms with Gasteiger partial charge in [0, 0.05) is 6.04 Å². The Balaban J connectivity index is 2.19. The van der Waals surface area contributed by atoms with Gasteiger partial charge >= 0.3 is 6.03 Å². The van der Waals surface area contributed by atoms with Crippen LogP contribution in [0.15, 0.2) is 4.99 Å². The molecule has 2 amide bonds. The van der Waals surface area contributed by atoms with Crippen LogP contribution in [0, 0.1) is 5.92 Å². The van der Waals surface area contributed by atoms with E-state index in [1.54, 1.807) is 0 Å². The zero-order valence-electron chi connectivity index (χ0n) is 9.14. The average Bonchev–Trinajstić information content (AvgIpc) is 2.71. The first-order valence-electron chi connectivity index (χ1n) is 5.35. The Bertz CT molecular complexity index is 297. The van der Waals surface area contributed by atoms with E-state index in [2.05, 4.69) is 4.99 Å².